The predicted molar refractivity (Wildman–Crippen MR) is 115 cm³/mol. The van der Waals surface area contributed by atoms with E-state index < -0.39 is 6.03 Å². The van der Waals surface area contributed by atoms with Gasteiger partial charge >= 0.3 is 6.03 Å². The zero-order valence-corrected chi connectivity index (χ0v) is 16.8. The van der Waals surface area contributed by atoms with E-state index in [0.29, 0.717) is 22.0 Å². The fraction of sp³-hybridized carbons (Fsp3) is 0.333. The van der Waals surface area contributed by atoms with Crippen molar-refractivity contribution in [2.45, 2.75) is 32.7 Å². The minimum Gasteiger partial charge on any atom is -0.371 e. The highest BCUT2D eigenvalue weighted by Gasteiger charge is 2.21. The van der Waals surface area contributed by atoms with Gasteiger partial charge in [-0.3, -0.25) is 4.79 Å². The van der Waals surface area contributed by atoms with Crippen LogP contribution in [0.15, 0.2) is 42.5 Å². The number of carbonyl (C=O) groups is 2. The van der Waals surface area contributed by atoms with Crippen LogP contribution in [0.2, 0.25) is 5.02 Å². The number of nitrogens with one attached hydrogen (secondary N) is 3. The minimum atomic E-state index is -0.397. The fourth-order valence-corrected chi connectivity index (χ4v) is 3.42. The smallest absolute Gasteiger partial charge is 0.323 e. The Kier molecular flexibility index (Phi) is 6.41. The molecule has 0 atom stereocenters. The summed E-state index contributed by atoms with van der Waals surface area (Å²) in [6, 6.07) is 12.0. The predicted octanol–water partition coefficient (Wildman–Crippen LogP) is 4.72. The lowest BCUT2D eigenvalue weighted by molar-refractivity contribution is 0.0943. The van der Waals surface area contributed by atoms with E-state index in [9.17, 15) is 9.59 Å². The lowest BCUT2D eigenvalue weighted by Gasteiger charge is -2.22. The summed E-state index contributed by atoms with van der Waals surface area (Å²) in [5, 5.41) is 9.00. The van der Waals surface area contributed by atoms with Gasteiger partial charge in [-0.05, 0) is 63.1 Å². The van der Waals surface area contributed by atoms with E-state index in [1.54, 1.807) is 30.3 Å². The van der Waals surface area contributed by atoms with Crippen LogP contribution in [0, 0.1) is 0 Å². The van der Waals surface area contributed by atoms with E-state index in [0.717, 1.165) is 31.6 Å². The molecule has 1 aliphatic rings. The van der Waals surface area contributed by atoms with Crippen molar-refractivity contribution in [1.82, 2.24) is 5.32 Å². The molecule has 0 saturated carbocycles. The molecule has 1 aliphatic heterocycles. The van der Waals surface area contributed by atoms with Gasteiger partial charge in [-0.1, -0.05) is 17.7 Å². The Morgan fingerprint density at radius 2 is 1.68 bits per heavy atom. The van der Waals surface area contributed by atoms with E-state index in [2.05, 4.69) is 20.9 Å². The summed E-state index contributed by atoms with van der Waals surface area (Å²) < 4.78 is 0. The highest BCUT2D eigenvalue weighted by molar-refractivity contribution is 6.30. The number of carbonyl (C=O) groups excluding carboxylic acids is 2. The van der Waals surface area contributed by atoms with E-state index in [1.165, 1.54) is 0 Å². The molecule has 7 heteroatoms. The summed E-state index contributed by atoms with van der Waals surface area (Å²) in [4.78, 5) is 27.2. The number of benzene rings is 2. The molecule has 28 heavy (non-hydrogen) atoms. The average molecular weight is 401 g/mol. The molecule has 2 aromatic rings. The van der Waals surface area contributed by atoms with Crippen molar-refractivity contribution in [2.75, 3.05) is 28.6 Å². The van der Waals surface area contributed by atoms with E-state index >= 15 is 0 Å². The molecule has 6 nitrogen and oxygen atoms in total. The Bertz CT molecular complexity index is 863. The van der Waals surface area contributed by atoms with Crippen molar-refractivity contribution in [2.24, 2.45) is 0 Å². The Morgan fingerprint density at radius 3 is 2.32 bits per heavy atom. The van der Waals surface area contributed by atoms with Crippen LogP contribution in [0.1, 0.15) is 37.0 Å². The van der Waals surface area contributed by atoms with Crippen molar-refractivity contribution in [3.63, 3.8) is 0 Å². The third-order valence-electron chi connectivity index (χ3n) is 4.45. The van der Waals surface area contributed by atoms with Crippen LogP contribution in [0.25, 0.3) is 0 Å². The van der Waals surface area contributed by atoms with Gasteiger partial charge < -0.3 is 20.9 Å². The van der Waals surface area contributed by atoms with Crippen LogP contribution in [0.4, 0.5) is 21.9 Å². The highest BCUT2D eigenvalue weighted by Crippen LogP contribution is 2.28. The summed E-state index contributed by atoms with van der Waals surface area (Å²) in [5.74, 6) is -0.143. The monoisotopic (exact) mass is 400 g/mol. The molecule has 1 fully saturated rings. The molecule has 0 bridgehead atoms. The molecule has 0 unspecified atom stereocenters. The molecule has 1 saturated heterocycles. The highest BCUT2D eigenvalue weighted by atomic mass is 35.5. The second kappa shape index (κ2) is 8.97. The lowest BCUT2D eigenvalue weighted by atomic mass is 10.1. The molecule has 0 aromatic heterocycles. The first-order valence-corrected chi connectivity index (χ1v) is 9.83. The van der Waals surface area contributed by atoms with Gasteiger partial charge in [0.25, 0.3) is 5.91 Å². The minimum absolute atomic E-state index is 0.0293. The van der Waals surface area contributed by atoms with Crippen LogP contribution < -0.4 is 20.9 Å². The third-order valence-corrected chi connectivity index (χ3v) is 4.68. The number of nitrogens with zero attached hydrogens (tertiary/aromatic N) is 1. The maximum Gasteiger partial charge on any atom is 0.323 e. The normalized spacial score (nSPS) is 13.5. The molecule has 2 aromatic carbocycles. The zero-order valence-electron chi connectivity index (χ0n) is 16.1. The Labute approximate surface area is 170 Å². The summed E-state index contributed by atoms with van der Waals surface area (Å²) >= 11 is 5.94. The van der Waals surface area contributed by atoms with Gasteiger partial charge in [0.15, 0.2) is 0 Å². The van der Waals surface area contributed by atoms with Gasteiger partial charge in [-0.15, -0.1) is 0 Å². The van der Waals surface area contributed by atoms with Gasteiger partial charge in [0.2, 0.25) is 0 Å². The second-order valence-electron chi connectivity index (χ2n) is 7.14. The van der Waals surface area contributed by atoms with Gasteiger partial charge in [0, 0.05) is 41.2 Å². The molecule has 0 radical (unpaired) electrons. The quantitative estimate of drug-likeness (QED) is 0.679. The number of hydrogen-bond acceptors (Lipinski definition) is 3. The van der Waals surface area contributed by atoms with Crippen molar-refractivity contribution >= 4 is 40.6 Å². The molecule has 148 valence electrons. The van der Waals surface area contributed by atoms with Crippen LogP contribution >= 0.6 is 11.6 Å². The van der Waals surface area contributed by atoms with E-state index in [4.69, 9.17) is 11.6 Å². The SMILES string of the molecule is CC(C)NC(=O)c1cc(NC(=O)Nc2cccc(Cl)c2)ccc1N1CCCC1. The molecule has 3 amide bonds. The van der Waals surface area contributed by atoms with Crippen molar-refractivity contribution in [1.29, 1.82) is 0 Å². The Hall–Kier alpha value is -2.73. The first kappa shape index (κ1) is 20.0. The van der Waals surface area contributed by atoms with E-state index in [-0.39, 0.29) is 11.9 Å². The third kappa shape index (κ3) is 5.16. The molecule has 0 spiro atoms. The number of amides is 3. The van der Waals surface area contributed by atoms with Crippen LogP contribution in [-0.4, -0.2) is 31.1 Å². The zero-order chi connectivity index (χ0) is 20.1. The van der Waals surface area contributed by atoms with Gasteiger partial charge in [0.05, 0.1) is 5.56 Å². The number of anilines is 3. The van der Waals surface area contributed by atoms with Crippen LogP contribution in [0.3, 0.4) is 0 Å². The molecular formula is C21H25ClN4O2. The Balaban J connectivity index is 1.79. The summed E-state index contributed by atoms with van der Waals surface area (Å²) in [6.07, 6.45) is 2.24. The molecule has 3 N–H and O–H groups in total. The average Bonchev–Trinajstić information content (AvgIpc) is 3.15. The standard InChI is InChI=1S/C21H25ClN4O2/c1-14(2)23-20(27)18-13-17(8-9-19(18)26-10-3-4-11-26)25-21(28)24-16-7-5-6-15(22)12-16/h5-9,12-14H,3-4,10-11H2,1-2H3,(H,23,27)(H2,24,25,28). The van der Waals surface area contributed by atoms with Crippen molar-refractivity contribution in [3.05, 3.63) is 53.1 Å². The van der Waals surface area contributed by atoms with Gasteiger partial charge in [0.1, 0.15) is 0 Å². The number of hydrogen-bond donors (Lipinski definition) is 3. The van der Waals surface area contributed by atoms with Crippen molar-refractivity contribution < 1.29 is 9.59 Å². The maximum absolute atomic E-state index is 12.7. The summed E-state index contributed by atoms with van der Waals surface area (Å²) in [7, 11) is 0. The lowest BCUT2D eigenvalue weighted by Crippen LogP contribution is -2.32. The summed E-state index contributed by atoms with van der Waals surface area (Å²) in [6.45, 7) is 5.72. The second-order valence-corrected chi connectivity index (χ2v) is 7.58. The largest absolute Gasteiger partial charge is 0.371 e. The number of halogens is 1. The topological polar surface area (TPSA) is 73.5 Å². The molecular weight excluding hydrogens is 376 g/mol. The van der Waals surface area contributed by atoms with Crippen LogP contribution in [0.5, 0.6) is 0 Å². The number of urea groups is 1. The molecule has 0 aliphatic carbocycles. The molecule has 1 heterocycles. The van der Waals surface area contributed by atoms with Crippen molar-refractivity contribution in [3.8, 4) is 0 Å². The first-order chi connectivity index (χ1) is 13.4. The fourth-order valence-electron chi connectivity index (χ4n) is 3.23. The molecule has 3 rings (SSSR count). The Morgan fingerprint density at radius 1 is 1.00 bits per heavy atom. The summed E-state index contributed by atoms with van der Waals surface area (Å²) in [5.41, 5.74) is 2.61. The first-order valence-electron chi connectivity index (χ1n) is 9.46. The van der Waals surface area contributed by atoms with E-state index in [1.807, 2.05) is 26.0 Å². The van der Waals surface area contributed by atoms with Crippen LogP contribution in [-0.2, 0) is 0 Å². The number of rotatable bonds is 5. The maximum atomic E-state index is 12.7. The van der Waals surface area contributed by atoms with Gasteiger partial charge in [-0.2, -0.15) is 0 Å². The van der Waals surface area contributed by atoms with Gasteiger partial charge in [-0.25, -0.2) is 4.79 Å².